The van der Waals surface area contributed by atoms with E-state index in [4.69, 9.17) is 16.3 Å². The highest BCUT2D eigenvalue weighted by molar-refractivity contribution is 14.2. The Balaban J connectivity index is 1.55. The van der Waals surface area contributed by atoms with Gasteiger partial charge in [-0.25, -0.2) is 8.84 Å². The van der Waals surface area contributed by atoms with Crippen molar-refractivity contribution < 1.29 is 22.3 Å². The molecule has 5 rings (SSSR count). The van der Waals surface area contributed by atoms with Crippen molar-refractivity contribution in [2.24, 2.45) is 0 Å². The number of alkyl halides is 3. The van der Waals surface area contributed by atoms with Gasteiger partial charge in [0.2, 0.25) is 0 Å². The number of imidazole rings is 1. The van der Waals surface area contributed by atoms with E-state index in [9.17, 15) is 22.4 Å². The molecule has 1 aliphatic heterocycles. The Morgan fingerprint density at radius 3 is 2.68 bits per heavy atom. The first kappa shape index (κ1) is 26.9. The van der Waals surface area contributed by atoms with Crippen molar-refractivity contribution in [1.82, 2.24) is 19.1 Å². The number of anilines is 1. The molecule has 1 unspecified atom stereocenters. The summed E-state index contributed by atoms with van der Waals surface area (Å²) in [6, 6.07) is 10.8. The van der Waals surface area contributed by atoms with E-state index in [0.717, 1.165) is 6.07 Å². The Bertz CT molecular complexity index is 1560. The molecular formula is C24H18ClF4IN5O2P. The molecule has 0 aliphatic carbocycles. The Labute approximate surface area is 233 Å². The van der Waals surface area contributed by atoms with E-state index in [0.29, 0.717) is 30.0 Å². The molecule has 38 heavy (non-hydrogen) atoms. The molecule has 14 heteroatoms. The maximum Gasteiger partial charge on any atom is 0.416 e. The van der Waals surface area contributed by atoms with Crippen LogP contribution >= 0.6 is 40.0 Å². The first-order chi connectivity index (χ1) is 18.2. The van der Waals surface area contributed by atoms with Crippen LogP contribution in [0, 0.1) is 5.82 Å². The molecule has 0 spiro atoms. The van der Waals surface area contributed by atoms with Crippen LogP contribution in [0.1, 0.15) is 22.5 Å². The molecule has 1 aliphatic rings. The monoisotopic (exact) mass is 677 g/mol. The van der Waals surface area contributed by atoms with Gasteiger partial charge >= 0.3 is 12.2 Å². The number of hydrogen-bond acceptors (Lipinski definition) is 5. The molecule has 4 aromatic rings. The molecule has 7 nitrogen and oxygen atoms in total. The summed E-state index contributed by atoms with van der Waals surface area (Å²) >= 11 is 8.39. The fraction of sp³-hybridized carbons (Fsp3) is 0.208. The lowest BCUT2D eigenvalue weighted by Crippen LogP contribution is -2.33. The second-order valence-corrected chi connectivity index (χ2v) is 10.8. The van der Waals surface area contributed by atoms with Crippen molar-refractivity contribution in [3.63, 3.8) is 0 Å². The third kappa shape index (κ3) is 5.39. The van der Waals surface area contributed by atoms with E-state index >= 15 is 0 Å². The maximum atomic E-state index is 13.8. The fourth-order valence-corrected chi connectivity index (χ4v) is 5.95. The van der Waals surface area contributed by atoms with Gasteiger partial charge in [0.25, 0.3) is 5.56 Å². The summed E-state index contributed by atoms with van der Waals surface area (Å²) in [6.45, 7) is 0.480. The van der Waals surface area contributed by atoms with Crippen LogP contribution in [0.3, 0.4) is 0 Å². The lowest BCUT2D eigenvalue weighted by atomic mass is 10.1. The predicted molar refractivity (Wildman–Crippen MR) is 145 cm³/mol. The van der Waals surface area contributed by atoms with Gasteiger partial charge in [-0.3, -0.25) is 9.36 Å². The molecule has 3 heterocycles. The average Bonchev–Trinajstić information content (AvgIpc) is 3.21. The van der Waals surface area contributed by atoms with Gasteiger partial charge in [0.05, 0.1) is 42.6 Å². The minimum Gasteiger partial charge on any atom is -0.425 e. The van der Waals surface area contributed by atoms with Crippen LogP contribution in [0.5, 0.6) is 11.8 Å². The van der Waals surface area contributed by atoms with E-state index in [1.54, 1.807) is 4.57 Å². The molecule has 0 saturated heterocycles. The largest absolute Gasteiger partial charge is 0.425 e. The van der Waals surface area contributed by atoms with Crippen molar-refractivity contribution in [3.05, 3.63) is 98.4 Å². The molecule has 0 amide bonds. The van der Waals surface area contributed by atoms with Crippen LogP contribution < -0.4 is 15.2 Å². The number of benzene rings is 2. The zero-order valence-electron chi connectivity index (χ0n) is 19.3. The zero-order valence-corrected chi connectivity index (χ0v) is 23.3. The first-order valence-electron chi connectivity index (χ1n) is 11.2. The standard InChI is InChI=1S/C24H18ClF4IN5O2P/c25-21-20(11-31-35(38-30)22(21)36)33-9-8-19-18(13-33)32-23(37-16-6-3-5-15(26)10-16)34(19)12-14-4-1-2-7-17(14)24(27,28)29/h1-7,10-11,38H,8-9,12-13H2. The van der Waals surface area contributed by atoms with Gasteiger partial charge in [0.1, 0.15) is 16.6 Å². The van der Waals surface area contributed by atoms with Crippen LogP contribution in [0.25, 0.3) is 0 Å². The van der Waals surface area contributed by atoms with E-state index in [-0.39, 0.29) is 41.8 Å². The van der Waals surface area contributed by atoms with Gasteiger partial charge in [-0.1, -0.05) is 35.9 Å². The average molecular weight is 678 g/mol. The number of fused-ring (bicyclic) bond motifs is 1. The van der Waals surface area contributed by atoms with E-state index in [1.165, 1.54) is 53.1 Å². The van der Waals surface area contributed by atoms with Gasteiger partial charge in [-0.2, -0.15) is 23.3 Å². The highest BCUT2D eigenvalue weighted by Gasteiger charge is 2.34. The van der Waals surface area contributed by atoms with E-state index in [2.05, 4.69) is 10.1 Å². The van der Waals surface area contributed by atoms with Gasteiger partial charge in [-0.05, 0) is 45.8 Å². The minimum absolute atomic E-state index is 0.0300. The third-order valence-corrected chi connectivity index (χ3v) is 8.26. The molecule has 0 saturated carbocycles. The van der Waals surface area contributed by atoms with Crippen molar-refractivity contribution in [2.45, 2.75) is 25.7 Å². The van der Waals surface area contributed by atoms with Crippen molar-refractivity contribution in [2.75, 3.05) is 11.4 Å². The Morgan fingerprint density at radius 1 is 1.16 bits per heavy atom. The smallest absolute Gasteiger partial charge is 0.416 e. The summed E-state index contributed by atoms with van der Waals surface area (Å²) in [5.74, 6) is -0.368. The van der Waals surface area contributed by atoms with Crippen molar-refractivity contribution in [3.8, 4) is 11.8 Å². The minimum atomic E-state index is -4.54. The zero-order chi connectivity index (χ0) is 27.0. The van der Waals surface area contributed by atoms with Gasteiger partial charge in [0, 0.05) is 24.7 Å². The topological polar surface area (TPSA) is 65.2 Å². The molecule has 0 fully saturated rings. The van der Waals surface area contributed by atoms with Gasteiger partial charge in [-0.15, -0.1) is 0 Å². The lowest BCUT2D eigenvalue weighted by molar-refractivity contribution is -0.138. The summed E-state index contributed by atoms with van der Waals surface area (Å²) in [7, 11) is 0. The first-order valence-corrected chi connectivity index (χ1v) is 15.7. The molecule has 198 valence electrons. The summed E-state index contributed by atoms with van der Waals surface area (Å²) in [6.07, 6.45) is -2.55. The summed E-state index contributed by atoms with van der Waals surface area (Å²) < 4.78 is 63.7. The van der Waals surface area contributed by atoms with Crippen LogP contribution in [0.4, 0.5) is 23.2 Å². The Kier molecular flexibility index (Phi) is 7.65. The summed E-state index contributed by atoms with van der Waals surface area (Å²) in [5, 5.41) is 4.18. The number of hydrogen-bond donors (Lipinski definition) is 0. The Morgan fingerprint density at radius 2 is 1.95 bits per heavy atom. The predicted octanol–water partition coefficient (Wildman–Crippen LogP) is 6.45. The quantitative estimate of drug-likeness (QED) is 0.134. The van der Waals surface area contributed by atoms with Gasteiger partial charge < -0.3 is 9.64 Å². The second kappa shape index (κ2) is 10.8. The highest BCUT2D eigenvalue weighted by atomic mass is 127. The highest BCUT2D eigenvalue weighted by Crippen LogP contribution is 2.36. The summed E-state index contributed by atoms with van der Waals surface area (Å²) in [4.78, 5) is 18.9. The maximum absolute atomic E-state index is 13.8. The summed E-state index contributed by atoms with van der Waals surface area (Å²) in [5.41, 5.74) is 0.539. The third-order valence-electron chi connectivity index (χ3n) is 6.06. The molecule has 2 aromatic heterocycles. The second-order valence-electron chi connectivity index (χ2n) is 8.41. The SMILES string of the molecule is O=c1c(Cl)c(N2CCc3c(nc(Oc4cccc(F)c4)n3Cc3ccccc3C(F)(F)F)C2)cnn1PI. The van der Waals surface area contributed by atoms with Gasteiger partial charge in [0.15, 0.2) is 0 Å². The lowest BCUT2D eigenvalue weighted by Gasteiger charge is -2.29. The molecule has 1 atom stereocenters. The molecule has 0 N–H and O–H groups in total. The van der Waals surface area contributed by atoms with Crippen molar-refractivity contribution in [1.29, 1.82) is 0 Å². The van der Waals surface area contributed by atoms with E-state index in [1.807, 2.05) is 26.9 Å². The van der Waals surface area contributed by atoms with Crippen LogP contribution in [0.15, 0.2) is 59.5 Å². The van der Waals surface area contributed by atoms with E-state index < -0.39 is 23.1 Å². The normalized spacial score (nSPS) is 13.8. The molecular weight excluding hydrogens is 660 g/mol. The number of nitrogens with zero attached hydrogens (tertiary/aromatic N) is 5. The van der Waals surface area contributed by atoms with Crippen LogP contribution in [-0.2, 0) is 25.7 Å². The Hall–Kier alpha value is -2.70. The number of aromatic nitrogens is 4. The molecule has 2 aromatic carbocycles. The molecule has 0 radical (unpaired) electrons. The fourth-order valence-electron chi connectivity index (χ4n) is 4.31. The van der Waals surface area contributed by atoms with Crippen molar-refractivity contribution >= 4 is 45.7 Å². The molecule has 0 bridgehead atoms. The van der Waals surface area contributed by atoms with Crippen LogP contribution in [-0.4, -0.2) is 25.6 Å². The number of rotatable bonds is 6. The number of ether oxygens (including phenoxy) is 1. The number of halogens is 6. The van der Waals surface area contributed by atoms with Crippen LogP contribution in [0.2, 0.25) is 5.02 Å².